The Bertz CT molecular complexity index is 1080. The predicted molar refractivity (Wildman–Crippen MR) is 129 cm³/mol. The van der Waals surface area contributed by atoms with E-state index in [1.54, 1.807) is 12.1 Å². The minimum Gasteiger partial charge on any atom is -0.476 e. The van der Waals surface area contributed by atoms with Gasteiger partial charge in [0.05, 0.1) is 6.10 Å². The van der Waals surface area contributed by atoms with E-state index in [2.05, 4.69) is 36.2 Å². The first-order valence-corrected chi connectivity index (χ1v) is 12.0. The molecule has 1 aliphatic rings. The van der Waals surface area contributed by atoms with Crippen molar-refractivity contribution in [1.29, 1.82) is 0 Å². The fourth-order valence-electron chi connectivity index (χ4n) is 4.34. The van der Waals surface area contributed by atoms with E-state index < -0.39 is 0 Å². The van der Waals surface area contributed by atoms with Gasteiger partial charge in [-0.1, -0.05) is 49.7 Å². The first-order chi connectivity index (χ1) is 16.1. The standard InChI is InChI=1S/C28H32FNO3/c1-2-5-20-7-9-21(10-8-20)11-16-25-28(22-12-14-23(29)15-13-22)26(31)18-27(30-25)33-19-24-6-3-4-17-32-24/h7-10,12-15,18,24H,2-6,11,16-17,19H2,1H3,(H,30,31). The number of hydrogen-bond acceptors (Lipinski definition) is 3. The van der Waals surface area contributed by atoms with Crippen LogP contribution in [0.15, 0.2) is 59.4 Å². The highest BCUT2D eigenvalue weighted by Gasteiger charge is 2.17. The SMILES string of the molecule is CCCc1ccc(CCc2[nH]c(OCC3CCCCO3)cc(=O)c2-c2ccc(F)cc2)cc1. The summed E-state index contributed by atoms with van der Waals surface area (Å²) in [5.41, 5.74) is 4.48. The average molecular weight is 450 g/mol. The molecule has 1 aliphatic heterocycles. The third-order valence-electron chi connectivity index (χ3n) is 6.14. The molecule has 3 aromatic rings. The van der Waals surface area contributed by atoms with E-state index in [9.17, 15) is 9.18 Å². The maximum atomic E-state index is 13.5. The van der Waals surface area contributed by atoms with Gasteiger partial charge in [-0.25, -0.2) is 4.39 Å². The molecule has 33 heavy (non-hydrogen) atoms. The highest BCUT2D eigenvalue weighted by atomic mass is 19.1. The molecule has 4 nitrogen and oxygen atoms in total. The molecule has 0 saturated carbocycles. The minimum absolute atomic E-state index is 0.0594. The lowest BCUT2D eigenvalue weighted by Gasteiger charge is -2.22. The normalized spacial score (nSPS) is 16.0. The van der Waals surface area contributed by atoms with Crippen molar-refractivity contribution < 1.29 is 13.9 Å². The largest absolute Gasteiger partial charge is 0.476 e. The van der Waals surface area contributed by atoms with Crippen LogP contribution in [0.5, 0.6) is 5.88 Å². The minimum atomic E-state index is -0.323. The molecule has 2 aromatic carbocycles. The van der Waals surface area contributed by atoms with Crippen molar-refractivity contribution in [2.75, 3.05) is 13.2 Å². The van der Waals surface area contributed by atoms with Crippen molar-refractivity contribution in [2.24, 2.45) is 0 Å². The van der Waals surface area contributed by atoms with Crippen molar-refractivity contribution in [3.63, 3.8) is 0 Å². The van der Waals surface area contributed by atoms with E-state index in [4.69, 9.17) is 9.47 Å². The van der Waals surface area contributed by atoms with Gasteiger partial charge in [0, 0.05) is 23.9 Å². The summed E-state index contributed by atoms with van der Waals surface area (Å²) >= 11 is 0. The van der Waals surface area contributed by atoms with Crippen LogP contribution < -0.4 is 10.2 Å². The molecular formula is C28H32FNO3. The number of ether oxygens (including phenoxy) is 2. The summed E-state index contributed by atoms with van der Waals surface area (Å²) in [5.74, 6) is 0.129. The number of aromatic nitrogens is 1. The summed E-state index contributed by atoms with van der Waals surface area (Å²) in [6.07, 6.45) is 6.88. The maximum Gasteiger partial charge on any atom is 0.194 e. The quantitative estimate of drug-likeness (QED) is 0.445. The van der Waals surface area contributed by atoms with Crippen LogP contribution in [0.25, 0.3) is 11.1 Å². The Balaban J connectivity index is 1.57. The molecule has 2 heterocycles. The Labute approximate surface area is 194 Å². The van der Waals surface area contributed by atoms with Crippen LogP contribution in [0.3, 0.4) is 0 Å². The van der Waals surface area contributed by atoms with E-state index in [0.717, 1.165) is 50.8 Å². The fraction of sp³-hybridized carbons (Fsp3) is 0.393. The Morgan fingerprint density at radius 2 is 1.73 bits per heavy atom. The molecule has 0 bridgehead atoms. The van der Waals surface area contributed by atoms with Gasteiger partial charge in [-0.15, -0.1) is 0 Å². The zero-order chi connectivity index (χ0) is 23.0. The average Bonchev–Trinajstić information content (AvgIpc) is 2.84. The smallest absolute Gasteiger partial charge is 0.194 e. The Morgan fingerprint density at radius 3 is 2.39 bits per heavy atom. The molecule has 1 aromatic heterocycles. The first-order valence-electron chi connectivity index (χ1n) is 12.0. The number of aromatic amines is 1. The number of pyridine rings is 1. The summed E-state index contributed by atoms with van der Waals surface area (Å²) in [4.78, 5) is 16.4. The fourth-order valence-corrected chi connectivity index (χ4v) is 4.34. The lowest BCUT2D eigenvalue weighted by Crippen LogP contribution is -2.26. The van der Waals surface area contributed by atoms with E-state index in [1.165, 1.54) is 29.3 Å². The van der Waals surface area contributed by atoms with E-state index >= 15 is 0 Å². The van der Waals surface area contributed by atoms with Crippen LogP contribution in [0.4, 0.5) is 4.39 Å². The molecule has 1 fully saturated rings. The summed E-state index contributed by atoms with van der Waals surface area (Å²) in [6.45, 7) is 3.36. The van der Waals surface area contributed by atoms with Crippen LogP contribution in [-0.2, 0) is 24.0 Å². The maximum absolute atomic E-state index is 13.5. The van der Waals surface area contributed by atoms with Gasteiger partial charge in [-0.3, -0.25) is 4.79 Å². The summed E-state index contributed by atoms with van der Waals surface area (Å²) in [6, 6.07) is 16.2. The van der Waals surface area contributed by atoms with Gasteiger partial charge in [-0.05, 0) is 67.3 Å². The number of benzene rings is 2. The molecule has 4 rings (SSSR count). The third-order valence-corrected chi connectivity index (χ3v) is 6.14. The second kappa shape index (κ2) is 11.3. The summed E-state index contributed by atoms with van der Waals surface area (Å²) < 4.78 is 25.2. The monoisotopic (exact) mass is 449 g/mol. The molecule has 1 unspecified atom stereocenters. The van der Waals surface area contributed by atoms with Gasteiger partial charge in [0.1, 0.15) is 12.4 Å². The molecule has 174 valence electrons. The van der Waals surface area contributed by atoms with Crippen molar-refractivity contribution >= 4 is 0 Å². The van der Waals surface area contributed by atoms with Crippen LogP contribution in [0, 0.1) is 5.82 Å². The lowest BCUT2D eigenvalue weighted by molar-refractivity contribution is -0.0119. The highest BCUT2D eigenvalue weighted by Crippen LogP contribution is 2.24. The van der Waals surface area contributed by atoms with Crippen LogP contribution in [-0.4, -0.2) is 24.3 Å². The molecule has 0 spiro atoms. The van der Waals surface area contributed by atoms with E-state index in [-0.39, 0.29) is 17.3 Å². The topological polar surface area (TPSA) is 51.3 Å². The van der Waals surface area contributed by atoms with Gasteiger partial charge in [0.2, 0.25) is 0 Å². The highest BCUT2D eigenvalue weighted by molar-refractivity contribution is 5.66. The summed E-state index contributed by atoms with van der Waals surface area (Å²) in [5, 5.41) is 0. The van der Waals surface area contributed by atoms with Gasteiger partial charge in [0.15, 0.2) is 11.3 Å². The Hall–Kier alpha value is -2.92. The second-order valence-corrected chi connectivity index (χ2v) is 8.72. The van der Waals surface area contributed by atoms with Gasteiger partial charge < -0.3 is 14.5 Å². The van der Waals surface area contributed by atoms with Crippen molar-refractivity contribution in [3.05, 3.63) is 87.5 Å². The van der Waals surface area contributed by atoms with Crippen molar-refractivity contribution in [2.45, 2.75) is 58.0 Å². The zero-order valence-corrected chi connectivity index (χ0v) is 19.2. The summed E-state index contributed by atoms with van der Waals surface area (Å²) in [7, 11) is 0. The van der Waals surface area contributed by atoms with E-state index in [1.807, 2.05) is 0 Å². The number of hydrogen-bond donors (Lipinski definition) is 1. The van der Waals surface area contributed by atoms with Gasteiger partial charge in [0.25, 0.3) is 0 Å². The Morgan fingerprint density at radius 1 is 1.00 bits per heavy atom. The Kier molecular flexibility index (Phi) is 7.95. The van der Waals surface area contributed by atoms with Crippen LogP contribution >= 0.6 is 0 Å². The van der Waals surface area contributed by atoms with E-state index in [0.29, 0.717) is 30.0 Å². The predicted octanol–water partition coefficient (Wildman–Crippen LogP) is 5.87. The molecule has 0 radical (unpaired) electrons. The molecule has 1 N–H and O–H groups in total. The molecule has 5 heteroatoms. The third kappa shape index (κ3) is 6.32. The second-order valence-electron chi connectivity index (χ2n) is 8.72. The number of H-pyrrole nitrogens is 1. The number of nitrogens with one attached hydrogen (secondary N) is 1. The zero-order valence-electron chi connectivity index (χ0n) is 19.2. The first kappa shape index (κ1) is 23.2. The molecule has 0 amide bonds. The van der Waals surface area contributed by atoms with Crippen molar-refractivity contribution in [1.82, 2.24) is 4.98 Å². The number of halogens is 1. The van der Waals surface area contributed by atoms with Gasteiger partial charge >= 0.3 is 0 Å². The molecule has 1 saturated heterocycles. The molecular weight excluding hydrogens is 417 g/mol. The van der Waals surface area contributed by atoms with Crippen LogP contribution in [0.2, 0.25) is 0 Å². The number of aryl methyl sites for hydroxylation is 3. The van der Waals surface area contributed by atoms with Gasteiger partial charge in [-0.2, -0.15) is 0 Å². The van der Waals surface area contributed by atoms with Crippen LogP contribution in [0.1, 0.15) is 49.4 Å². The molecule has 1 atom stereocenters. The lowest BCUT2D eigenvalue weighted by atomic mass is 9.98. The van der Waals surface area contributed by atoms with Crippen molar-refractivity contribution in [3.8, 4) is 17.0 Å². The number of rotatable bonds is 9. The molecule has 0 aliphatic carbocycles.